The Labute approximate surface area is 104 Å². The smallest absolute Gasteiger partial charge is 0.305 e. The fourth-order valence-corrected chi connectivity index (χ4v) is 1.90. The average Bonchev–Trinajstić information content (AvgIpc) is 2.26. The van der Waals surface area contributed by atoms with Crippen molar-refractivity contribution in [3.63, 3.8) is 0 Å². The van der Waals surface area contributed by atoms with Gasteiger partial charge in [-0.25, -0.2) is 0 Å². The average molecular weight is 263 g/mol. The van der Waals surface area contributed by atoms with Crippen LogP contribution in [-0.2, 0) is 16.0 Å². The Hall–Kier alpha value is -0.930. The lowest BCUT2D eigenvalue weighted by molar-refractivity contribution is -0.140. The van der Waals surface area contributed by atoms with E-state index in [0.717, 1.165) is 5.56 Å². The first-order valence-corrected chi connectivity index (χ1v) is 5.42. The van der Waals surface area contributed by atoms with Crippen molar-refractivity contribution in [2.24, 2.45) is 0 Å². The minimum Gasteiger partial charge on any atom is -0.496 e. The highest BCUT2D eigenvalue weighted by molar-refractivity contribution is 6.35. The summed E-state index contributed by atoms with van der Waals surface area (Å²) in [7, 11) is 2.88. The molecule has 0 amide bonds. The van der Waals surface area contributed by atoms with Crippen molar-refractivity contribution >= 4 is 29.2 Å². The van der Waals surface area contributed by atoms with Crippen molar-refractivity contribution in [1.82, 2.24) is 0 Å². The maximum absolute atomic E-state index is 11.0. The molecule has 0 radical (unpaired) electrons. The zero-order valence-electron chi connectivity index (χ0n) is 9.05. The van der Waals surface area contributed by atoms with E-state index in [-0.39, 0.29) is 12.4 Å². The van der Waals surface area contributed by atoms with Gasteiger partial charge in [0.15, 0.2) is 0 Å². The minimum atomic E-state index is -0.284. The van der Waals surface area contributed by atoms with E-state index in [4.69, 9.17) is 27.9 Å². The predicted octanol–water partition coefficient (Wildman–Crippen LogP) is 3.11. The van der Waals surface area contributed by atoms with Gasteiger partial charge in [0.2, 0.25) is 0 Å². The monoisotopic (exact) mass is 262 g/mol. The molecule has 1 rings (SSSR count). The van der Waals surface area contributed by atoms with Gasteiger partial charge in [0.05, 0.1) is 14.2 Å². The van der Waals surface area contributed by atoms with Gasteiger partial charge in [-0.3, -0.25) is 4.79 Å². The molecule has 0 spiro atoms. The lowest BCUT2D eigenvalue weighted by Crippen LogP contribution is -2.03. The van der Waals surface area contributed by atoms with E-state index < -0.39 is 0 Å². The second-order valence-corrected chi connectivity index (χ2v) is 3.99. The van der Waals surface area contributed by atoms with Crippen LogP contribution < -0.4 is 4.74 Å². The summed E-state index contributed by atoms with van der Waals surface area (Å²) in [6, 6.07) is 3.29. The molecular formula is C11H12Cl2O3. The van der Waals surface area contributed by atoms with Crippen molar-refractivity contribution in [1.29, 1.82) is 0 Å². The standard InChI is InChI=1S/C11H12Cl2O3/c1-15-10-6-7(12)5-9(13)8(10)3-4-11(14)16-2/h5-6H,3-4H2,1-2H3. The predicted molar refractivity (Wildman–Crippen MR) is 63.4 cm³/mol. The van der Waals surface area contributed by atoms with Gasteiger partial charge < -0.3 is 9.47 Å². The Kier molecular flexibility index (Phi) is 4.90. The lowest BCUT2D eigenvalue weighted by Gasteiger charge is -2.10. The molecule has 0 bridgehead atoms. The highest BCUT2D eigenvalue weighted by Crippen LogP contribution is 2.31. The van der Waals surface area contributed by atoms with Gasteiger partial charge in [0.25, 0.3) is 0 Å². The van der Waals surface area contributed by atoms with Crippen LogP contribution in [0.25, 0.3) is 0 Å². The number of carbonyl (C=O) groups excluding carboxylic acids is 1. The highest BCUT2D eigenvalue weighted by atomic mass is 35.5. The number of rotatable bonds is 4. The number of methoxy groups -OCH3 is 2. The van der Waals surface area contributed by atoms with E-state index in [1.54, 1.807) is 12.1 Å². The van der Waals surface area contributed by atoms with Crippen LogP contribution in [0.15, 0.2) is 12.1 Å². The topological polar surface area (TPSA) is 35.5 Å². The largest absolute Gasteiger partial charge is 0.496 e. The molecule has 0 N–H and O–H groups in total. The van der Waals surface area contributed by atoms with Crippen LogP contribution in [0.5, 0.6) is 5.75 Å². The molecule has 0 aliphatic rings. The summed E-state index contributed by atoms with van der Waals surface area (Å²) >= 11 is 11.9. The Morgan fingerprint density at radius 1 is 1.31 bits per heavy atom. The first-order valence-electron chi connectivity index (χ1n) is 4.67. The van der Waals surface area contributed by atoms with Crippen molar-refractivity contribution < 1.29 is 14.3 Å². The Morgan fingerprint density at radius 3 is 2.56 bits per heavy atom. The summed E-state index contributed by atoms with van der Waals surface area (Å²) in [5.74, 6) is 0.300. The van der Waals surface area contributed by atoms with Crippen LogP contribution in [0.3, 0.4) is 0 Å². The molecule has 0 heterocycles. The van der Waals surface area contributed by atoms with E-state index in [2.05, 4.69) is 4.74 Å². The van der Waals surface area contributed by atoms with Crippen LogP contribution in [-0.4, -0.2) is 20.2 Å². The third kappa shape index (κ3) is 3.29. The molecule has 1 aromatic rings. The number of benzene rings is 1. The fourth-order valence-electron chi connectivity index (χ4n) is 1.33. The molecule has 88 valence electrons. The zero-order chi connectivity index (χ0) is 12.1. The second-order valence-electron chi connectivity index (χ2n) is 3.14. The Morgan fingerprint density at radius 2 is 2.00 bits per heavy atom. The van der Waals surface area contributed by atoms with Gasteiger partial charge in [-0.1, -0.05) is 23.2 Å². The summed E-state index contributed by atoms with van der Waals surface area (Å²) in [6.07, 6.45) is 0.722. The van der Waals surface area contributed by atoms with Crippen LogP contribution in [0.4, 0.5) is 0 Å². The van der Waals surface area contributed by atoms with Gasteiger partial charge in [-0.15, -0.1) is 0 Å². The van der Waals surface area contributed by atoms with Crippen molar-refractivity contribution in [3.8, 4) is 5.75 Å². The summed E-state index contributed by atoms with van der Waals surface area (Å²) in [4.78, 5) is 11.0. The van der Waals surface area contributed by atoms with Crippen molar-refractivity contribution in [2.45, 2.75) is 12.8 Å². The zero-order valence-corrected chi connectivity index (χ0v) is 10.6. The summed E-state index contributed by atoms with van der Waals surface area (Å²) < 4.78 is 9.71. The third-order valence-corrected chi connectivity index (χ3v) is 2.70. The Bertz CT molecular complexity index is 391. The first kappa shape index (κ1) is 13.1. The van der Waals surface area contributed by atoms with Gasteiger partial charge in [0, 0.05) is 22.0 Å². The lowest BCUT2D eigenvalue weighted by atomic mass is 10.1. The van der Waals surface area contributed by atoms with Gasteiger partial charge >= 0.3 is 5.97 Å². The van der Waals surface area contributed by atoms with Gasteiger partial charge in [0.1, 0.15) is 5.75 Å². The number of esters is 1. The van der Waals surface area contributed by atoms with E-state index >= 15 is 0 Å². The normalized spacial score (nSPS) is 10.0. The van der Waals surface area contributed by atoms with Crippen LogP contribution in [0.2, 0.25) is 10.0 Å². The number of carbonyl (C=O) groups is 1. The first-order chi connectivity index (χ1) is 7.58. The third-order valence-electron chi connectivity index (χ3n) is 2.15. The Balaban J connectivity index is 2.89. The summed E-state index contributed by atoms with van der Waals surface area (Å²) in [5.41, 5.74) is 0.763. The van der Waals surface area contributed by atoms with E-state index in [0.29, 0.717) is 22.2 Å². The molecule has 0 aliphatic heterocycles. The molecule has 0 saturated carbocycles. The fraction of sp³-hybridized carbons (Fsp3) is 0.364. The number of hydrogen-bond donors (Lipinski definition) is 0. The quantitative estimate of drug-likeness (QED) is 0.783. The molecule has 0 saturated heterocycles. The van der Waals surface area contributed by atoms with E-state index in [1.807, 2.05) is 0 Å². The molecule has 3 nitrogen and oxygen atoms in total. The van der Waals surface area contributed by atoms with Gasteiger partial charge in [-0.2, -0.15) is 0 Å². The van der Waals surface area contributed by atoms with Crippen LogP contribution in [0.1, 0.15) is 12.0 Å². The molecule has 0 aromatic heterocycles. The maximum Gasteiger partial charge on any atom is 0.305 e. The van der Waals surface area contributed by atoms with E-state index in [9.17, 15) is 4.79 Å². The van der Waals surface area contributed by atoms with Crippen molar-refractivity contribution in [2.75, 3.05) is 14.2 Å². The second kappa shape index (κ2) is 5.97. The van der Waals surface area contributed by atoms with Gasteiger partial charge in [-0.05, 0) is 18.6 Å². The van der Waals surface area contributed by atoms with E-state index in [1.165, 1.54) is 14.2 Å². The molecule has 16 heavy (non-hydrogen) atoms. The molecule has 0 fully saturated rings. The molecular weight excluding hydrogens is 251 g/mol. The molecule has 0 atom stereocenters. The SMILES string of the molecule is COC(=O)CCc1c(Cl)cc(Cl)cc1OC. The summed E-state index contributed by atoms with van der Waals surface area (Å²) in [5, 5.41) is 0.997. The minimum absolute atomic E-state index is 0.258. The molecule has 0 aliphatic carbocycles. The highest BCUT2D eigenvalue weighted by Gasteiger charge is 2.11. The molecule has 5 heteroatoms. The maximum atomic E-state index is 11.0. The molecule has 0 unspecified atom stereocenters. The number of halogens is 2. The number of ether oxygens (including phenoxy) is 2. The number of hydrogen-bond acceptors (Lipinski definition) is 3. The van der Waals surface area contributed by atoms with Crippen LogP contribution >= 0.6 is 23.2 Å². The van der Waals surface area contributed by atoms with Crippen molar-refractivity contribution in [3.05, 3.63) is 27.7 Å². The summed E-state index contributed by atoms with van der Waals surface area (Å²) in [6.45, 7) is 0. The molecule has 1 aromatic carbocycles. The van der Waals surface area contributed by atoms with Crippen LogP contribution in [0, 0.1) is 0 Å².